The maximum absolute atomic E-state index is 13.2. The van der Waals surface area contributed by atoms with Crippen LogP contribution in [0.5, 0.6) is 0 Å². The number of benzene rings is 1. The van der Waals surface area contributed by atoms with Crippen LogP contribution in [0.25, 0.3) is 5.57 Å². The van der Waals surface area contributed by atoms with Crippen LogP contribution in [0.4, 0.5) is 4.39 Å². The highest BCUT2D eigenvalue weighted by atomic mass is 19.1. The van der Waals surface area contributed by atoms with Crippen molar-refractivity contribution in [1.82, 2.24) is 0 Å². The maximum Gasteiger partial charge on any atom is 0.317 e. The molecular weight excluding hydrogens is 311 g/mol. The molecule has 124 valence electrons. The highest BCUT2D eigenvalue weighted by molar-refractivity contribution is 6.10. The van der Waals surface area contributed by atoms with E-state index in [1.165, 1.54) is 24.5 Å². The highest BCUT2D eigenvalue weighted by Crippen LogP contribution is 2.40. The van der Waals surface area contributed by atoms with Crippen molar-refractivity contribution < 1.29 is 23.1 Å². The molecule has 5 heteroatoms. The molecule has 1 aromatic heterocycles. The van der Waals surface area contributed by atoms with E-state index in [2.05, 4.69) is 0 Å². The Morgan fingerprint density at radius 1 is 1.29 bits per heavy atom. The Morgan fingerprint density at radius 2 is 2.04 bits per heavy atom. The Hall–Kier alpha value is -2.69. The number of hydrogen-bond acceptors (Lipinski definition) is 4. The van der Waals surface area contributed by atoms with Crippen molar-refractivity contribution in [1.29, 1.82) is 0 Å². The predicted molar refractivity (Wildman–Crippen MR) is 85.6 cm³/mol. The number of rotatable bonds is 4. The molecule has 1 aromatic carbocycles. The van der Waals surface area contributed by atoms with Crippen LogP contribution >= 0.6 is 0 Å². The van der Waals surface area contributed by atoms with E-state index in [0.29, 0.717) is 12.2 Å². The lowest BCUT2D eigenvalue weighted by atomic mass is 9.74. The standard InChI is InChI=1S/C19H17FO4/c1-2-23-19(22)18-15(12-5-7-14(20)8-6-12)10-13(11-16(18)21)17-4-3-9-24-17/h3-9,11,15,18H,2,10H2,1H3/t15-,18+/m1/s1. The summed E-state index contributed by atoms with van der Waals surface area (Å²) in [5.74, 6) is -1.98. The second-order valence-corrected chi connectivity index (χ2v) is 5.64. The minimum Gasteiger partial charge on any atom is -0.465 e. The summed E-state index contributed by atoms with van der Waals surface area (Å²) in [5, 5.41) is 0. The molecule has 1 heterocycles. The van der Waals surface area contributed by atoms with E-state index in [0.717, 1.165) is 11.1 Å². The number of allylic oxidation sites excluding steroid dienone is 2. The first-order valence-electron chi connectivity index (χ1n) is 7.80. The van der Waals surface area contributed by atoms with Crippen molar-refractivity contribution in [2.24, 2.45) is 5.92 Å². The van der Waals surface area contributed by atoms with Crippen molar-refractivity contribution >= 4 is 17.3 Å². The Bertz CT molecular complexity index is 759. The van der Waals surface area contributed by atoms with E-state index < -0.39 is 17.8 Å². The molecule has 3 rings (SSSR count). The third-order valence-electron chi connectivity index (χ3n) is 4.14. The van der Waals surface area contributed by atoms with Gasteiger partial charge in [0.2, 0.25) is 0 Å². The SMILES string of the molecule is CCOC(=O)[C@@H]1C(=O)C=C(c2ccco2)C[C@@H]1c1ccc(F)cc1. The monoisotopic (exact) mass is 328 g/mol. The molecular formula is C19H17FO4. The van der Waals surface area contributed by atoms with Crippen molar-refractivity contribution in [2.75, 3.05) is 6.61 Å². The molecule has 4 nitrogen and oxygen atoms in total. The van der Waals surface area contributed by atoms with E-state index in [-0.39, 0.29) is 18.2 Å². The molecule has 0 amide bonds. The predicted octanol–water partition coefficient (Wildman–Crippen LogP) is 3.74. The first-order chi connectivity index (χ1) is 11.6. The number of ether oxygens (including phenoxy) is 1. The number of carbonyl (C=O) groups excluding carboxylic acids is 2. The Labute approximate surface area is 138 Å². The van der Waals surface area contributed by atoms with Gasteiger partial charge in [-0.1, -0.05) is 12.1 Å². The summed E-state index contributed by atoms with van der Waals surface area (Å²) < 4.78 is 23.7. The average molecular weight is 328 g/mol. The molecule has 0 saturated carbocycles. The Morgan fingerprint density at radius 3 is 2.67 bits per heavy atom. The molecule has 0 spiro atoms. The van der Waals surface area contributed by atoms with Gasteiger partial charge in [-0.05, 0) is 54.8 Å². The van der Waals surface area contributed by atoms with Gasteiger partial charge in [0.25, 0.3) is 0 Å². The summed E-state index contributed by atoms with van der Waals surface area (Å²) in [5.41, 5.74) is 1.44. The van der Waals surface area contributed by atoms with Gasteiger partial charge >= 0.3 is 5.97 Å². The minimum atomic E-state index is -0.922. The first-order valence-corrected chi connectivity index (χ1v) is 7.80. The van der Waals surface area contributed by atoms with Crippen molar-refractivity contribution in [3.8, 4) is 0 Å². The van der Waals surface area contributed by atoms with E-state index in [1.807, 2.05) is 0 Å². The fourth-order valence-corrected chi connectivity index (χ4v) is 3.04. The zero-order valence-electron chi connectivity index (χ0n) is 13.2. The molecule has 2 aromatic rings. The second-order valence-electron chi connectivity index (χ2n) is 5.64. The molecule has 0 saturated heterocycles. The van der Waals surface area contributed by atoms with Crippen LogP contribution in [-0.2, 0) is 14.3 Å². The quantitative estimate of drug-likeness (QED) is 0.634. The fourth-order valence-electron chi connectivity index (χ4n) is 3.04. The lowest BCUT2D eigenvalue weighted by molar-refractivity contribution is -0.151. The van der Waals surface area contributed by atoms with Gasteiger partial charge in [-0.25, -0.2) is 4.39 Å². The van der Waals surface area contributed by atoms with Gasteiger partial charge in [-0.3, -0.25) is 9.59 Å². The van der Waals surface area contributed by atoms with Gasteiger partial charge in [-0.15, -0.1) is 0 Å². The van der Waals surface area contributed by atoms with Crippen LogP contribution in [-0.4, -0.2) is 18.4 Å². The van der Waals surface area contributed by atoms with Gasteiger partial charge < -0.3 is 9.15 Å². The third kappa shape index (κ3) is 3.15. The summed E-state index contributed by atoms with van der Waals surface area (Å²) in [4.78, 5) is 24.9. The average Bonchev–Trinajstić information content (AvgIpc) is 3.09. The molecule has 2 atom stereocenters. The summed E-state index contributed by atoms with van der Waals surface area (Å²) in [6.45, 7) is 1.90. The largest absolute Gasteiger partial charge is 0.465 e. The highest BCUT2D eigenvalue weighted by Gasteiger charge is 2.40. The van der Waals surface area contributed by atoms with Gasteiger partial charge in [0.15, 0.2) is 5.78 Å². The van der Waals surface area contributed by atoms with Gasteiger partial charge in [-0.2, -0.15) is 0 Å². The zero-order valence-corrected chi connectivity index (χ0v) is 13.2. The lowest BCUT2D eigenvalue weighted by Gasteiger charge is -2.28. The van der Waals surface area contributed by atoms with Crippen LogP contribution in [0, 0.1) is 11.7 Å². The zero-order chi connectivity index (χ0) is 17.1. The molecule has 0 N–H and O–H groups in total. The van der Waals surface area contributed by atoms with E-state index in [9.17, 15) is 14.0 Å². The number of carbonyl (C=O) groups is 2. The minimum absolute atomic E-state index is 0.202. The molecule has 24 heavy (non-hydrogen) atoms. The second kappa shape index (κ2) is 6.83. The van der Waals surface area contributed by atoms with Crippen LogP contribution in [0.15, 0.2) is 53.2 Å². The summed E-state index contributed by atoms with van der Waals surface area (Å²) in [6.07, 6.45) is 3.42. The molecule has 1 aliphatic carbocycles. The Kier molecular flexibility index (Phi) is 4.60. The van der Waals surface area contributed by atoms with Crippen molar-refractivity contribution in [3.05, 3.63) is 65.9 Å². The topological polar surface area (TPSA) is 56.5 Å². The van der Waals surface area contributed by atoms with E-state index in [4.69, 9.17) is 9.15 Å². The maximum atomic E-state index is 13.2. The molecule has 1 aliphatic rings. The van der Waals surface area contributed by atoms with Crippen LogP contribution in [0.2, 0.25) is 0 Å². The number of ketones is 1. The van der Waals surface area contributed by atoms with Gasteiger partial charge in [0, 0.05) is 5.92 Å². The van der Waals surface area contributed by atoms with Crippen molar-refractivity contribution in [2.45, 2.75) is 19.3 Å². The van der Waals surface area contributed by atoms with Crippen LogP contribution < -0.4 is 0 Å². The summed E-state index contributed by atoms with van der Waals surface area (Å²) in [7, 11) is 0. The van der Waals surface area contributed by atoms with E-state index >= 15 is 0 Å². The molecule has 0 aliphatic heterocycles. The number of hydrogen-bond donors (Lipinski definition) is 0. The van der Waals surface area contributed by atoms with Crippen LogP contribution in [0.3, 0.4) is 0 Å². The summed E-state index contributed by atoms with van der Waals surface area (Å²) >= 11 is 0. The fraction of sp³-hybridized carbons (Fsp3) is 0.263. The number of esters is 1. The Balaban J connectivity index is 2.00. The number of furan rings is 1. The molecule has 0 radical (unpaired) electrons. The smallest absolute Gasteiger partial charge is 0.317 e. The lowest BCUT2D eigenvalue weighted by Crippen LogP contribution is -2.34. The molecule has 0 unspecified atom stereocenters. The first kappa shape index (κ1) is 16.2. The number of halogens is 1. The van der Waals surface area contributed by atoms with Gasteiger partial charge in [0.05, 0.1) is 12.9 Å². The van der Waals surface area contributed by atoms with Crippen molar-refractivity contribution in [3.63, 3.8) is 0 Å². The molecule has 0 bridgehead atoms. The van der Waals surface area contributed by atoms with Crippen LogP contribution in [0.1, 0.15) is 30.6 Å². The third-order valence-corrected chi connectivity index (χ3v) is 4.14. The molecule has 0 fully saturated rings. The van der Waals surface area contributed by atoms with E-state index in [1.54, 1.807) is 31.2 Å². The summed E-state index contributed by atoms with van der Waals surface area (Å²) in [6, 6.07) is 9.37. The van der Waals surface area contributed by atoms with Gasteiger partial charge in [0.1, 0.15) is 17.5 Å². The normalized spacial score (nSPS) is 20.6.